The van der Waals surface area contributed by atoms with Crippen molar-refractivity contribution in [2.24, 2.45) is 0 Å². The minimum atomic E-state index is -0.777. The fourth-order valence-corrected chi connectivity index (χ4v) is 1.66. The third-order valence-corrected chi connectivity index (χ3v) is 2.30. The molecule has 0 amide bonds. The fourth-order valence-electron chi connectivity index (χ4n) is 1.66. The molecule has 0 bridgehead atoms. The van der Waals surface area contributed by atoms with Gasteiger partial charge in [-0.25, -0.2) is 9.97 Å². The molecule has 6 nitrogen and oxygen atoms in total. The Morgan fingerprint density at radius 2 is 2.11 bits per heavy atom. The van der Waals surface area contributed by atoms with Crippen molar-refractivity contribution in [1.29, 1.82) is 0 Å². The molecular formula is C12H22N4O2. The van der Waals surface area contributed by atoms with Gasteiger partial charge in [0.25, 0.3) is 0 Å². The molecule has 2 N–H and O–H groups in total. The van der Waals surface area contributed by atoms with Gasteiger partial charge in [-0.2, -0.15) is 0 Å². The van der Waals surface area contributed by atoms with Crippen molar-refractivity contribution < 1.29 is 9.84 Å². The van der Waals surface area contributed by atoms with E-state index in [-0.39, 0.29) is 0 Å². The quantitative estimate of drug-likeness (QED) is 0.785. The number of nitrogens with one attached hydrogen (secondary N) is 1. The Bertz CT molecular complexity index is 390. The Morgan fingerprint density at radius 3 is 2.61 bits per heavy atom. The molecule has 0 aliphatic rings. The van der Waals surface area contributed by atoms with Crippen molar-refractivity contribution in [1.82, 2.24) is 9.97 Å². The lowest BCUT2D eigenvalue weighted by Crippen LogP contribution is -2.36. The first-order chi connectivity index (χ1) is 8.35. The van der Waals surface area contributed by atoms with Crippen molar-refractivity contribution in [3.8, 4) is 0 Å². The van der Waals surface area contributed by atoms with E-state index >= 15 is 0 Å². The maximum atomic E-state index is 9.82. The molecule has 0 unspecified atom stereocenters. The summed E-state index contributed by atoms with van der Waals surface area (Å²) in [6.45, 7) is 4.37. The average molecular weight is 254 g/mol. The van der Waals surface area contributed by atoms with E-state index in [4.69, 9.17) is 4.74 Å². The van der Waals surface area contributed by atoms with Gasteiger partial charge in [-0.15, -0.1) is 0 Å². The second-order valence-corrected chi connectivity index (χ2v) is 4.88. The van der Waals surface area contributed by atoms with Crippen LogP contribution in [-0.4, -0.2) is 48.4 Å². The number of likely N-dealkylation sites (N-methyl/N-ethyl adjacent to an activating group) is 1. The van der Waals surface area contributed by atoms with Gasteiger partial charge in [0.05, 0.1) is 5.60 Å². The van der Waals surface area contributed by atoms with Gasteiger partial charge in [0, 0.05) is 33.8 Å². The van der Waals surface area contributed by atoms with E-state index in [2.05, 4.69) is 15.3 Å². The molecule has 1 heterocycles. The van der Waals surface area contributed by atoms with Crippen molar-refractivity contribution in [3.05, 3.63) is 11.9 Å². The molecule has 0 aliphatic carbocycles. The van der Waals surface area contributed by atoms with Gasteiger partial charge in [-0.1, -0.05) is 0 Å². The van der Waals surface area contributed by atoms with E-state index in [0.29, 0.717) is 19.0 Å². The summed E-state index contributed by atoms with van der Waals surface area (Å²) in [5, 5.41) is 12.8. The van der Waals surface area contributed by atoms with Crippen LogP contribution >= 0.6 is 0 Å². The van der Waals surface area contributed by atoms with Crippen LogP contribution in [0.15, 0.2) is 6.07 Å². The molecule has 0 aromatic carbocycles. The molecule has 0 radical (unpaired) electrons. The standard InChI is InChI=1S/C12H22N4O2/c1-12(2,17)8-16(4)11-6-9(13-3)14-10(15-11)7-18-5/h6,17H,7-8H2,1-5H3,(H,13,14,15). The van der Waals surface area contributed by atoms with E-state index in [1.807, 2.05) is 18.0 Å². The molecule has 0 spiro atoms. The van der Waals surface area contributed by atoms with Gasteiger partial charge >= 0.3 is 0 Å². The van der Waals surface area contributed by atoms with E-state index in [0.717, 1.165) is 11.6 Å². The molecule has 1 rings (SSSR count). The molecule has 0 saturated carbocycles. The lowest BCUT2D eigenvalue weighted by Gasteiger charge is -2.26. The SMILES string of the molecule is CNc1cc(N(C)CC(C)(C)O)nc(COC)n1. The maximum Gasteiger partial charge on any atom is 0.158 e. The number of nitrogens with zero attached hydrogens (tertiary/aromatic N) is 3. The van der Waals surface area contributed by atoms with E-state index in [1.165, 1.54) is 0 Å². The molecule has 0 aliphatic heterocycles. The number of anilines is 2. The van der Waals surface area contributed by atoms with Crippen LogP contribution in [0.25, 0.3) is 0 Å². The van der Waals surface area contributed by atoms with Gasteiger partial charge in [-0.05, 0) is 13.8 Å². The van der Waals surface area contributed by atoms with E-state index in [1.54, 1.807) is 28.0 Å². The third kappa shape index (κ3) is 4.46. The number of aromatic nitrogens is 2. The van der Waals surface area contributed by atoms with Crippen LogP contribution in [0.5, 0.6) is 0 Å². The van der Waals surface area contributed by atoms with Crippen LogP contribution in [0.3, 0.4) is 0 Å². The highest BCUT2D eigenvalue weighted by molar-refractivity contribution is 5.48. The predicted molar refractivity (Wildman–Crippen MR) is 71.9 cm³/mol. The molecule has 102 valence electrons. The minimum absolute atomic E-state index is 0.360. The fraction of sp³-hybridized carbons (Fsp3) is 0.667. The number of ether oxygens (including phenoxy) is 1. The normalized spacial score (nSPS) is 11.4. The van der Waals surface area contributed by atoms with Gasteiger partial charge in [0.2, 0.25) is 0 Å². The first-order valence-corrected chi connectivity index (χ1v) is 5.84. The van der Waals surface area contributed by atoms with Crippen LogP contribution in [0.1, 0.15) is 19.7 Å². The van der Waals surface area contributed by atoms with E-state index in [9.17, 15) is 5.11 Å². The Hall–Kier alpha value is -1.40. The number of aliphatic hydroxyl groups is 1. The first-order valence-electron chi connectivity index (χ1n) is 5.84. The molecule has 0 saturated heterocycles. The number of methoxy groups -OCH3 is 1. The zero-order valence-corrected chi connectivity index (χ0v) is 11.7. The second-order valence-electron chi connectivity index (χ2n) is 4.88. The van der Waals surface area contributed by atoms with Crippen LogP contribution in [0.2, 0.25) is 0 Å². The van der Waals surface area contributed by atoms with Crippen LogP contribution in [-0.2, 0) is 11.3 Å². The van der Waals surface area contributed by atoms with Gasteiger partial charge in [0.1, 0.15) is 18.2 Å². The molecule has 6 heteroatoms. The highest BCUT2D eigenvalue weighted by atomic mass is 16.5. The second kappa shape index (κ2) is 5.97. The summed E-state index contributed by atoms with van der Waals surface area (Å²) in [7, 11) is 5.30. The number of hydrogen-bond acceptors (Lipinski definition) is 6. The van der Waals surface area contributed by atoms with Crippen LogP contribution in [0, 0.1) is 0 Å². The zero-order valence-electron chi connectivity index (χ0n) is 11.7. The Labute approximate surface area is 108 Å². The topological polar surface area (TPSA) is 70.5 Å². The first kappa shape index (κ1) is 14.7. The zero-order chi connectivity index (χ0) is 13.8. The van der Waals surface area contributed by atoms with Gasteiger partial charge in [0.15, 0.2) is 5.82 Å². The van der Waals surface area contributed by atoms with Crippen molar-refractivity contribution in [2.75, 3.05) is 38.0 Å². The minimum Gasteiger partial charge on any atom is -0.389 e. The molecule has 18 heavy (non-hydrogen) atoms. The Kier molecular flexibility index (Phi) is 4.86. The predicted octanol–water partition coefficient (Wildman–Crippen LogP) is 0.872. The summed E-state index contributed by atoms with van der Waals surface area (Å²) in [6.07, 6.45) is 0. The smallest absolute Gasteiger partial charge is 0.158 e. The molecule has 0 atom stereocenters. The summed E-state index contributed by atoms with van der Waals surface area (Å²) in [4.78, 5) is 10.6. The number of hydrogen-bond donors (Lipinski definition) is 2. The van der Waals surface area contributed by atoms with Crippen molar-refractivity contribution >= 4 is 11.6 Å². The molecular weight excluding hydrogens is 232 g/mol. The summed E-state index contributed by atoms with van der Waals surface area (Å²) in [5.74, 6) is 2.10. The van der Waals surface area contributed by atoms with Crippen LogP contribution < -0.4 is 10.2 Å². The van der Waals surface area contributed by atoms with Crippen molar-refractivity contribution in [2.45, 2.75) is 26.1 Å². The Balaban J connectivity index is 2.96. The number of rotatable bonds is 6. The third-order valence-electron chi connectivity index (χ3n) is 2.30. The monoisotopic (exact) mass is 254 g/mol. The molecule has 1 aromatic rings. The summed E-state index contributed by atoms with van der Waals surface area (Å²) >= 11 is 0. The lowest BCUT2D eigenvalue weighted by atomic mass is 10.1. The van der Waals surface area contributed by atoms with Gasteiger partial charge < -0.3 is 20.1 Å². The van der Waals surface area contributed by atoms with Crippen molar-refractivity contribution in [3.63, 3.8) is 0 Å². The summed E-state index contributed by atoms with van der Waals surface area (Å²) in [6, 6.07) is 1.84. The van der Waals surface area contributed by atoms with Gasteiger partial charge in [-0.3, -0.25) is 0 Å². The molecule has 1 aromatic heterocycles. The van der Waals surface area contributed by atoms with Crippen LogP contribution in [0.4, 0.5) is 11.6 Å². The highest BCUT2D eigenvalue weighted by Crippen LogP contribution is 2.17. The lowest BCUT2D eigenvalue weighted by molar-refractivity contribution is 0.0884. The highest BCUT2D eigenvalue weighted by Gasteiger charge is 2.17. The average Bonchev–Trinajstić information content (AvgIpc) is 2.26. The summed E-state index contributed by atoms with van der Waals surface area (Å²) in [5.41, 5.74) is -0.777. The molecule has 0 fully saturated rings. The maximum absolute atomic E-state index is 9.82. The largest absolute Gasteiger partial charge is 0.389 e. The Morgan fingerprint density at radius 1 is 1.44 bits per heavy atom. The van der Waals surface area contributed by atoms with E-state index < -0.39 is 5.60 Å². The summed E-state index contributed by atoms with van der Waals surface area (Å²) < 4.78 is 5.04.